The molecule has 22 heavy (non-hydrogen) atoms. The van der Waals surface area contributed by atoms with E-state index in [2.05, 4.69) is 30.9 Å². The highest BCUT2D eigenvalue weighted by molar-refractivity contribution is 5.83. The van der Waals surface area contributed by atoms with Crippen molar-refractivity contribution in [3.63, 3.8) is 0 Å². The summed E-state index contributed by atoms with van der Waals surface area (Å²) in [5.41, 5.74) is 6.79. The zero-order valence-electron chi connectivity index (χ0n) is 13.8. The molecule has 1 aromatic rings. The fourth-order valence-electron chi connectivity index (χ4n) is 4.55. The molecule has 2 N–H and O–H groups in total. The number of hydrogen-bond donors (Lipinski definition) is 1. The largest absolute Gasteiger partial charge is 0.369 e. The van der Waals surface area contributed by atoms with Crippen LogP contribution in [0.25, 0.3) is 0 Å². The third-order valence-corrected chi connectivity index (χ3v) is 5.70. The first-order chi connectivity index (χ1) is 10.5. The van der Waals surface area contributed by atoms with E-state index in [0.29, 0.717) is 18.0 Å². The molecule has 1 amide bonds. The summed E-state index contributed by atoms with van der Waals surface area (Å²) in [6.07, 6.45) is 5.29. The van der Waals surface area contributed by atoms with E-state index in [4.69, 9.17) is 5.73 Å². The fraction of sp³-hybridized carbons (Fsp3) is 0.632. The molecule has 2 saturated heterocycles. The predicted molar refractivity (Wildman–Crippen MR) is 89.4 cm³/mol. The van der Waals surface area contributed by atoms with Crippen LogP contribution in [-0.2, 0) is 11.2 Å². The number of carbonyl (C=O) groups excluding carboxylic acids is 1. The first-order valence-electron chi connectivity index (χ1n) is 8.62. The van der Waals surface area contributed by atoms with Crippen molar-refractivity contribution in [2.24, 2.45) is 17.1 Å². The van der Waals surface area contributed by atoms with Crippen molar-refractivity contribution in [2.75, 3.05) is 6.54 Å². The molecule has 2 aliphatic rings. The topological polar surface area (TPSA) is 46.3 Å². The Morgan fingerprint density at radius 2 is 2.05 bits per heavy atom. The van der Waals surface area contributed by atoms with Gasteiger partial charge < -0.3 is 5.73 Å². The van der Waals surface area contributed by atoms with Crippen LogP contribution in [0.4, 0.5) is 0 Å². The number of amides is 1. The lowest BCUT2D eigenvalue weighted by molar-refractivity contribution is -0.129. The van der Waals surface area contributed by atoms with Gasteiger partial charge in [0.25, 0.3) is 0 Å². The van der Waals surface area contributed by atoms with Gasteiger partial charge in [-0.2, -0.15) is 0 Å². The molecule has 0 aliphatic carbocycles. The van der Waals surface area contributed by atoms with Crippen LogP contribution in [0, 0.1) is 11.3 Å². The monoisotopic (exact) mass is 300 g/mol. The maximum Gasteiger partial charge on any atom is 0.225 e. The van der Waals surface area contributed by atoms with Crippen molar-refractivity contribution in [1.29, 1.82) is 0 Å². The highest BCUT2D eigenvalue weighted by Gasteiger charge is 2.58. The summed E-state index contributed by atoms with van der Waals surface area (Å²) in [5, 5.41) is 0. The molecule has 0 unspecified atom stereocenters. The summed E-state index contributed by atoms with van der Waals surface area (Å²) >= 11 is 0. The van der Waals surface area contributed by atoms with Gasteiger partial charge in [-0.1, -0.05) is 44.2 Å². The van der Waals surface area contributed by atoms with Crippen LogP contribution < -0.4 is 5.73 Å². The molecule has 2 aliphatic heterocycles. The van der Waals surface area contributed by atoms with Crippen molar-refractivity contribution in [2.45, 2.75) is 58.0 Å². The Kier molecular flexibility index (Phi) is 4.26. The predicted octanol–water partition coefficient (Wildman–Crippen LogP) is 2.98. The smallest absolute Gasteiger partial charge is 0.225 e. The Labute approximate surface area is 133 Å². The van der Waals surface area contributed by atoms with Crippen LogP contribution in [0.3, 0.4) is 0 Å². The van der Waals surface area contributed by atoms with Gasteiger partial charge in [-0.05, 0) is 50.1 Å². The van der Waals surface area contributed by atoms with Gasteiger partial charge in [0.05, 0.1) is 5.41 Å². The standard InChI is InChI=1S/C19H28N2O/c1-14(2)10-11-21-16-8-9-17(21)19(13-16,18(20)22)12-15-6-4-3-5-7-15/h3-7,14,16-17H,8-13H2,1-2H3,(H2,20,22)/t16-,17+,19+/m0/s1. The van der Waals surface area contributed by atoms with Crippen LogP contribution >= 0.6 is 0 Å². The number of nitrogens with two attached hydrogens (primary N) is 1. The van der Waals surface area contributed by atoms with E-state index in [1.54, 1.807) is 0 Å². The van der Waals surface area contributed by atoms with E-state index in [1.807, 2.05) is 18.2 Å². The molecule has 0 radical (unpaired) electrons. The van der Waals surface area contributed by atoms with Gasteiger partial charge in [-0.3, -0.25) is 9.69 Å². The lowest BCUT2D eigenvalue weighted by Crippen LogP contribution is -2.48. The van der Waals surface area contributed by atoms with E-state index < -0.39 is 0 Å². The third-order valence-electron chi connectivity index (χ3n) is 5.70. The number of primary amides is 1. The SMILES string of the molecule is CC(C)CCN1[C@H]2CC[C@@H]1[C@](Cc1ccccc1)(C(N)=O)C2. The number of fused-ring (bicyclic) bond motifs is 2. The molecule has 3 rings (SSSR count). The number of rotatable bonds is 6. The average molecular weight is 300 g/mol. The number of nitrogens with zero attached hydrogens (tertiary/aromatic N) is 1. The maximum absolute atomic E-state index is 12.4. The second-order valence-corrected chi connectivity index (χ2v) is 7.55. The Balaban J connectivity index is 1.82. The molecule has 2 bridgehead atoms. The highest BCUT2D eigenvalue weighted by atomic mass is 16.1. The van der Waals surface area contributed by atoms with Gasteiger partial charge in [-0.25, -0.2) is 0 Å². The van der Waals surface area contributed by atoms with Crippen LogP contribution in [0.1, 0.15) is 45.1 Å². The Morgan fingerprint density at radius 3 is 2.68 bits per heavy atom. The van der Waals surface area contributed by atoms with Crippen molar-refractivity contribution in [3.8, 4) is 0 Å². The van der Waals surface area contributed by atoms with Gasteiger partial charge in [0, 0.05) is 12.1 Å². The third kappa shape index (κ3) is 2.67. The minimum Gasteiger partial charge on any atom is -0.369 e. The fourth-order valence-corrected chi connectivity index (χ4v) is 4.55. The minimum absolute atomic E-state index is 0.0990. The molecule has 0 aromatic heterocycles. The van der Waals surface area contributed by atoms with E-state index >= 15 is 0 Å². The van der Waals surface area contributed by atoms with E-state index in [9.17, 15) is 4.79 Å². The first-order valence-corrected chi connectivity index (χ1v) is 8.62. The summed E-state index contributed by atoms with van der Waals surface area (Å²) in [7, 11) is 0. The molecule has 2 fully saturated rings. The Hall–Kier alpha value is -1.35. The molecule has 0 saturated carbocycles. The van der Waals surface area contributed by atoms with Crippen molar-refractivity contribution in [1.82, 2.24) is 4.90 Å². The summed E-state index contributed by atoms with van der Waals surface area (Å²) in [6.45, 7) is 5.64. The van der Waals surface area contributed by atoms with Crippen LogP contribution in [0.2, 0.25) is 0 Å². The molecule has 2 heterocycles. The molecular formula is C19H28N2O. The highest BCUT2D eigenvalue weighted by Crippen LogP contribution is 2.51. The molecule has 3 nitrogen and oxygen atoms in total. The summed E-state index contributed by atoms with van der Waals surface area (Å²) in [5.74, 6) is 0.607. The summed E-state index contributed by atoms with van der Waals surface area (Å²) in [4.78, 5) is 15.0. The van der Waals surface area contributed by atoms with Gasteiger partial charge in [0.2, 0.25) is 5.91 Å². The normalized spacial score (nSPS) is 31.0. The van der Waals surface area contributed by atoms with E-state index in [-0.39, 0.29) is 11.3 Å². The second-order valence-electron chi connectivity index (χ2n) is 7.55. The number of hydrogen-bond acceptors (Lipinski definition) is 2. The summed E-state index contributed by atoms with van der Waals surface area (Å²) in [6, 6.07) is 11.3. The zero-order chi connectivity index (χ0) is 15.7. The molecule has 120 valence electrons. The van der Waals surface area contributed by atoms with Crippen LogP contribution in [0.15, 0.2) is 30.3 Å². The average Bonchev–Trinajstić information content (AvgIpc) is 3.01. The van der Waals surface area contributed by atoms with Crippen molar-refractivity contribution in [3.05, 3.63) is 35.9 Å². The first kappa shape index (κ1) is 15.5. The van der Waals surface area contributed by atoms with E-state index in [1.165, 1.54) is 18.4 Å². The lowest BCUT2D eigenvalue weighted by atomic mass is 9.69. The van der Waals surface area contributed by atoms with Gasteiger partial charge in [0.1, 0.15) is 0 Å². The Morgan fingerprint density at radius 1 is 1.32 bits per heavy atom. The van der Waals surface area contributed by atoms with Gasteiger partial charge in [-0.15, -0.1) is 0 Å². The second kappa shape index (κ2) is 6.04. The van der Waals surface area contributed by atoms with Crippen molar-refractivity contribution >= 4 is 5.91 Å². The van der Waals surface area contributed by atoms with Gasteiger partial charge >= 0.3 is 0 Å². The molecule has 0 spiro atoms. The van der Waals surface area contributed by atoms with Crippen LogP contribution in [0.5, 0.6) is 0 Å². The zero-order valence-corrected chi connectivity index (χ0v) is 13.8. The molecular weight excluding hydrogens is 272 g/mol. The Bertz CT molecular complexity index is 527. The number of benzene rings is 1. The maximum atomic E-state index is 12.4. The molecule has 1 aromatic carbocycles. The van der Waals surface area contributed by atoms with Crippen LogP contribution in [-0.4, -0.2) is 29.4 Å². The molecule has 3 heteroatoms. The summed E-state index contributed by atoms with van der Waals surface area (Å²) < 4.78 is 0. The van der Waals surface area contributed by atoms with E-state index in [0.717, 1.165) is 25.8 Å². The minimum atomic E-state index is -0.360. The lowest BCUT2D eigenvalue weighted by Gasteiger charge is -2.35. The quantitative estimate of drug-likeness (QED) is 0.878. The number of carbonyl (C=O) groups is 1. The molecule has 3 atom stereocenters. The van der Waals surface area contributed by atoms with Gasteiger partial charge in [0.15, 0.2) is 0 Å². The van der Waals surface area contributed by atoms with Crippen molar-refractivity contribution < 1.29 is 4.79 Å².